The van der Waals surface area contributed by atoms with Gasteiger partial charge in [-0.15, -0.1) is 0 Å². The molecule has 1 aliphatic heterocycles. The number of amides is 1. The molecular formula is C14H15BrFNO. The van der Waals surface area contributed by atoms with E-state index < -0.39 is 0 Å². The van der Waals surface area contributed by atoms with E-state index in [1.807, 2.05) is 4.90 Å². The highest BCUT2D eigenvalue weighted by Crippen LogP contribution is 2.53. The van der Waals surface area contributed by atoms with Crippen LogP contribution in [0.15, 0.2) is 22.7 Å². The molecule has 2 fully saturated rings. The highest BCUT2D eigenvalue weighted by atomic mass is 79.9. The Kier molecular flexibility index (Phi) is 2.93. The summed E-state index contributed by atoms with van der Waals surface area (Å²) in [6, 6.07) is 4.37. The molecular weight excluding hydrogens is 297 g/mol. The van der Waals surface area contributed by atoms with E-state index in [0.717, 1.165) is 25.9 Å². The SMILES string of the molecule is O=C(c1cc(F)cc(Br)c1)N1CCC2(CC1)CC2. The van der Waals surface area contributed by atoms with Crippen LogP contribution in [-0.2, 0) is 0 Å². The quantitative estimate of drug-likeness (QED) is 0.776. The smallest absolute Gasteiger partial charge is 0.253 e. The summed E-state index contributed by atoms with van der Waals surface area (Å²) in [7, 11) is 0. The Hall–Kier alpha value is -0.900. The molecule has 1 saturated heterocycles. The molecule has 0 atom stereocenters. The minimum atomic E-state index is -0.372. The van der Waals surface area contributed by atoms with Crippen molar-refractivity contribution >= 4 is 21.8 Å². The average Bonchev–Trinajstić information content (AvgIpc) is 3.08. The molecule has 0 radical (unpaired) electrons. The van der Waals surface area contributed by atoms with E-state index in [4.69, 9.17) is 0 Å². The van der Waals surface area contributed by atoms with Gasteiger partial charge in [0.15, 0.2) is 0 Å². The number of piperidine rings is 1. The van der Waals surface area contributed by atoms with Crippen molar-refractivity contribution in [1.82, 2.24) is 4.90 Å². The predicted octanol–water partition coefficient (Wildman–Crippen LogP) is 3.60. The van der Waals surface area contributed by atoms with Crippen molar-refractivity contribution < 1.29 is 9.18 Å². The van der Waals surface area contributed by atoms with Gasteiger partial charge in [-0.3, -0.25) is 4.79 Å². The van der Waals surface area contributed by atoms with Gasteiger partial charge in [-0.25, -0.2) is 4.39 Å². The molecule has 0 bridgehead atoms. The molecule has 18 heavy (non-hydrogen) atoms. The van der Waals surface area contributed by atoms with Crippen molar-refractivity contribution in [1.29, 1.82) is 0 Å². The molecule has 96 valence electrons. The normalized spacial score (nSPS) is 21.1. The number of hydrogen-bond donors (Lipinski definition) is 0. The van der Waals surface area contributed by atoms with Crippen molar-refractivity contribution in [2.45, 2.75) is 25.7 Å². The molecule has 0 N–H and O–H groups in total. The number of nitrogens with zero attached hydrogens (tertiary/aromatic N) is 1. The summed E-state index contributed by atoms with van der Waals surface area (Å²) in [5.74, 6) is -0.422. The van der Waals surface area contributed by atoms with E-state index in [-0.39, 0.29) is 11.7 Å². The molecule has 1 heterocycles. The largest absolute Gasteiger partial charge is 0.339 e. The Morgan fingerprint density at radius 2 is 1.83 bits per heavy atom. The van der Waals surface area contributed by atoms with E-state index in [9.17, 15) is 9.18 Å². The maximum Gasteiger partial charge on any atom is 0.253 e. The van der Waals surface area contributed by atoms with Crippen LogP contribution in [0.25, 0.3) is 0 Å². The fraction of sp³-hybridized carbons (Fsp3) is 0.500. The van der Waals surface area contributed by atoms with Gasteiger partial charge in [0.05, 0.1) is 0 Å². The molecule has 1 amide bonds. The first-order valence-electron chi connectivity index (χ1n) is 6.33. The summed E-state index contributed by atoms with van der Waals surface area (Å²) >= 11 is 3.22. The van der Waals surface area contributed by atoms with Crippen molar-refractivity contribution in [3.8, 4) is 0 Å². The van der Waals surface area contributed by atoms with Gasteiger partial charge in [0, 0.05) is 23.1 Å². The van der Waals surface area contributed by atoms with Gasteiger partial charge in [-0.2, -0.15) is 0 Å². The summed E-state index contributed by atoms with van der Waals surface area (Å²) in [4.78, 5) is 14.1. The molecule has 0 aromatic heterocycles. The van der Waals surface area contributed by atoms with Crippen molar-refractivity contribution in [2.24, 2.45) is 5.41 Å². The van der Waals surface area contributed by atoms with Crippen LogP contribution in [0.4, 0.5) is 4.39 Å². The lowest BCUT2D eigenvalue weighted by molar-refractivity contribution is 0.0678. The van der Waals surface area contributed by atoms with Crippen LogP contribution < -0.4 is 0 Å². The molecule has 3 rings (SSSR count). The lowest BCUT2D eigenvalue weighted by atomic mass is 9.93. The first-order chi connectivity index (χ1) is 8.58. The van der Waals surface area contributed by atoms with Gasteiger partial charge >= 0.3 is 0 Å². The number of likely N-dealkylation sites (tertiary alicyclic amines) is 1. The first kappa shape index (κ1) is 12.2. The summed E-state index contributed by atoms with van der Waals surface area (Å²) in [5.41, 5.74) is 0.993. The zero-order valence-electron chi connectivity index (χ0n) is 10.1. The average molecular weight is 312 g/mol. The van der Waals surface area contributed by atoms with Crippen molar-refractivity contribution in [2.75, 3.05) is 13.1 Å². The lowest BCUT2D eigenvalue weighted by Crippen LogP contribution is -2.39. The molecule has 1 saturated carbocycles. The van der Waals surface area contributed by atoms with Crippen LogP contribution in [0.1, 0.15) is 36.0 Å². The second kappa shape index (κ2) is 4.34. The molecule has 0 unspecified atom stereocenters. The van der Waals surface area contributed by atoms with Gasteiger partial charge < -0.3 is 4.90 Å². The molecule has 1 aliphatic carbocycles. The number of halogens is 2. The number of carbonyl (C=O) groups excluding carboxylic acids is 1. The summed E-state index contributed by atoms with van der Waals surface area (Å²) in [5, 5.41) is 0. The number of benzene rings is 1. The van der Waals surface area contributed by atoms with Crippen LogP contribution in [-0.4, -0.2) is 23.9 Å². The van der Waals surface area contributed by atoms with Gasteiger partial charge in [-0.05, 0) is 49.3 Å². The van der Waals surface area contributed by atoms with E-state index in [0.29, 0.717) is 15.5 Å². The Labute approximate surface area is 114 Å². The third-order valence-corrected chi connectivity index (χ3v) is 4.64. The Morgan fingerprint density at radius 1 is 1.17 bits per heavy atom. The van der Waals surface area contributed by atoms with Crippen molar-refractivity contribution in [3.05, 3.63) is 34.1 Å². The molecule has 2 aliphatic rings. The third-order valence-electron chi connectivity index (χ3n) is 4.18. The molecule has 1 aromatic carbocycles. The minimum Gasteiger partial charge on any atom is -0.339 e. The van der Waals surface area contributed by atoms with Gasteiger partial charge in [0.1, 0.15) is 5.82 Å². The van der Waals surface area contributed by atoms with Crippen LogP contribution in [0, 0.1) is 11.2 Å². The van der Waals surface area contributed by atoms with Crippen LogP contribution in [0.2, 0.25) is 0 Å². The van der Waals surface area contributed by atoms with E-state index in [2.05, 4.69) is 15.9 Å². The third kappa shape index (κ3) is 2.30. The fourth-order valence-corrected chi connectivity index (χ4v) is 3.19. The highest BCUT2D eigenvalue weighted by Gasteiger charge is 2.45. The van der Waals surface area contributed by atoms with E-state index in [1.165, 1.54) is 25.0 Å². The Morgan fingerprint density at radius 3 is 2.39 bits per heavy atom. The van der Waals surface area contributed by atoms with Gasteiger partial charge in [0.25, 0.3) is 5.91 Å². The van der Waals surface area contributed by atoms with Gasteiger partial charge in [-0.1, -0.05) is 15.9 Å². The second-order valence-corrected chi connectivity index (χ2v) is 6.37. The van der Waals surface area contributed by atoms with E-state index in [1.54, 1.807) is 6.07 Å². The Bertz CT molecular complexity index is 468. The molecule has 4 heteroatoms. The van der Waals surface area contributed by atoms with E-state index >= 15 is 0 Å². The van der Waals surface area contributed by atoms with Crippen LogP contribution in [0.3, 0.4) is 0 Å². The van der Waals surface area contributed by atoms with Gasteiger partial charge in [0.2, 0.25) is 0 Å². The summed E-state index contributed by atoms with van der Waals surface area (Å²) < 4.78 is 13.9. The fourth-order valence-electron chi connectivity index (χ4n) is 2.72. The summed E-state index contributed by atoms with van der Waals surface area (Å²) in [6.07, 6.45) is 4.85. The van der Waals surface area contributed by atoms with Crippen molar-refractivity contribution in [3.63, 3.8) is 0 Å². The maximum absolute atomic E-state index is 13.3. The Balaban J connectivity index is 1.74. The lowest BCUT2D eigenvalue weighted by Gasteiger charge is -2.32. The number of carbonyl (C=O) groups is 1. The standard InChI is InChI=1S/C14H15BrFNO/c15-11-7-10(8-12(16)9-11)13(18)17-5-3-14(1-2-14)4-6-17/h7-9H,1-6H2. The topological polar surface area (TPSA) is 20.3 Å². The zero-order chi connectivity index (χ0) is 12.8. The summed E-state index contributed by atoms with van der Waals surface area (Å²) in [6.45, 7) is 1.62. The van der Waals surface area contributed by atoms with Crippen LogP contribution in [0.5, 0.6) is 0 Å². The number of rotatable bonds is 1. The zero-order valence-corrected chi connectivity index (χ0v) is 11.7. The first-order valence-corrected chi connectivity index (χ1v) is 7.13. The monoisotopic (exact) mass is 311 g/mol. The molecule has 2 nitrogen and oxygen atoms in total. The highest BCUT2D eigenvalue weighted by molar-refractivity contribution is 9.10. The molecule has 1 spiro atoms. The van der Waals surface area contributed by atoms with Crippen LogP contribution >= 0.6 is 15.9 Å². The second-order valence-electron chi connectivity index (χ2n) is 5.45. The minimum absolute atomic E-state index is 0.0503. The maximum atomic E-state index is 13.3. The number of hydrogen-bond acceptors (Lipinski definition) is 1. The molecule has 1 aromatic rings. The predicted molar refractivity (Wildman–Crippen MR) is 70.9 cm³/mol.